The number of nitrogens with zero attached hydrogens (tertiary/aromatic N) is 2. The van der Waals surface area contributed by atoms with Gasteiger partial charge < -0.3 is 5.32 Å². The molecule has 0 aromatic carbocycles. The Morgan fingerprint density at radius 2 is 2.37 bits per heavy atom. The van der Waals surface area contributed by atoms with Gasteiger partial charge in [-0.05, 0) is 24.7 Å². The maximum Gasteiger partial charge on any atom is 0.312 e. The summed E-state index contributed by atoms with van der Waals surface area (Å²) in [5.41, 5.74) is -0.0589. The Labute approximate surface area is 117 Å². The second-order valence-corrected chi connectivity index (χ2v) is 5.73. The van der Waals surface area contributed by atoms with Gasteiger partial charge in [0.15, 0.2) is 0 Å². The third kappa shape index (κ3) is 3.80. The van der Waals surface area contributed by atoms with Gasteiger partial charge in [-0.15, -0.1) is 0 Å². The molecule has 0 radical (unpaired) electrons. The highest BCUT2D eigenvalue weighted by molar-refractivity contribution is 6.30. The van der Waals surface area contributed by atoms with E-state index in [0.29, 0.717) is 11.7 Å². The fourth-order valence-electron chi connectivity index (χ4n) is 2.69. The molecule has 1 aromatic heterocycles. The van der Waals surface area contributed by atoms with E-state index >= 15 is 0 Å². The molecule has 0 saturated heterocycles. The molecule has 0 spiro atoms. The van der Waals surface area contributed by atoms with Crippen LogP contribution in [0, 0.1) is 22.0 Å². The zero-order valence-corrected chi connectivity index (χ0v) is 11.7. The predicted octanol–water partition coefficient (Wildman–Crippen LogP) is 3.88. The summed E-state index contributed by atoms with van der Waals surface area (Å²) in [6.45, 7) is 3.00. The number of halogens is 1. The second-order valence-electron chi connectivity index (χ2n) is 5.30. The van der Waals surface area contributed by atoms with E-state index in [1.54, 1.807) is 0 Å². The molecule has 1 fully saturated rings. The van der Waals surface area contributed by atoms with Crippen LogP contribution in [0.25, 0.3) is 0 Å². The van der Waals surface area contributed by atoms with Crippen LogP contribution < -0.4 is 5.32 Å². The van der Waals surface area contributed by atoms with E-state index in [4.69, 9.17) is 11.6 Å². The van der Waals surface area contributed by atoms with Gasteiger partial charge in [-0.3, -0.25) is 10.1 Å². The Bertz CT molecular complexity index is 467. The topological polar surface area (TPSA) is 68.1 Å². The first-order chi connectivity index (χ1) is 9.06. The van der Waals surface area contributed by atoms with Crippen molar-refractivity contribution >= 4 is 23.1 Å². The summed E-state index contributed by atoms with van der Waals surface area (Å²) in [5, 5.41) is 14.3. The molecule has 2 rings (SSSR count). The fraction of sp³-hybridized carbons (Fsp3) is 0.615. The fourth-order valence-corrected chi connectivity index (χ4v) is 2.84. The molecule has 2 atom stereocenters. The summed E-state index contributed by atoms with van der Waals surface area (Å²) in [4.78, 5) is 14.5. The lowest BCUT2D eigenvalue weighted by Crippen LogP contribution is -2.21. The first-order valence-electron chi connectivity index (χ1n) is 6.60. The van der Waals surface area contributed by atoms with E-state index in [1.807, 2.05) is 0 Å². The van der Waals surface area contributed by atoms with Crippen molar-refractivity contribution in [1.29, 1.82) is 0 Å². The maximum absolute atomic E-state index is 10.9. The van der Waals surface area contributed by atoms with E-state index < -0.39 is 4.92 Å². The third-order valence-corrected chi connectivity index (χ3v) is 3.84. The van der Waals surface area contributed by atoms with Gasteiger partial charge in [-0.25, -0.2) is 4.98 Å². The number of anilines is 1. The Balaban J connectivity index is 2.01. The summed E-state index contributed by atoms with van der Waals surface area (Å²) in [6, 6.07) is 1.33. The summed E-state index contributed by atoms with van der Waals surface area (Å²) in [7, 11) is 0. The number of aromatic nitrogens is 1. The molecule has 1 N–H and O–H groups in total. The molecule has 1 saturated carbocycles. The first-order valence-corrected chi connectivity index (χ1v) is 6.98. The quantitative estimate of drug-likeness (QED) is 0.672. The van der Waals surface area contributed by atoms with Crippen LogP contribution in [-0.4, -0.2) is 16.5 Å². The van der Waals surface area contributed by atoms with E-state index in [2.05, 4.69) is 17.2 Å². The van der Waals surface area contributed by atoms with Crippen LogP contribution in [0.4, 0.5) is 11.5 Å². The van der Waals surface area contributed by atoms with Gasteiger partial charge in [0.1, 0.15) is 0 Å². The molecule has 0 amide bonds. The largest absolute Gasteiger partial charge is 0.364 e. The van der Waals surface area contributed by atoms with Crippen LogP contribution in [0.3, 0.4) is 0 Å². The highest BCUT2D eigenvalue weighted by Crippen LogP contribution is 2.30. The minimum absolute atomic E-state index is 0.0589. The van der Waals surface area contributed by atoms with Crippen molar-refractivity contribution in [3.05, 3.63) is 27.4 Å². The minimum Gasteiger partial charge on any atom is -0.364 e. The Morgan fingerprint density at radius 3 is 3.05 bits per heavy atom. The van der Waals surface area contributed by atoms with E-state index in [1.165, 1.54) is 37.9 Å². The van der Waals surface area contributed by atoms with Crippen molar-refractivity contribution < 1.29 is 4.92 Å². The van der Waals surface area contributed by atoms with Crippen LogP contribution in [-0.2, 0) is 0 Å². The zero-order valence-electron chi connectivity index (χ0n) is 10.9. The minimum atomic E-state index is -0.454. The van der Waals surface area contributed by atoms with Crippen LogP contribution in [0.15, 0.2) is 12.3 Å². The molecule has 104 valence electrons. The number of nitro groups is 1. The molecule has 0 aliphatic heterocycles. The van der Waals surface area contributed by atoms with Gasteiger partial charge in [-0.2, -0.15) is 0 Å². The maximum atomic E-state index is 10.9. The molecule has 1 heterocycles. The molecule has 1 aromatic rings. The van der Waals surface area contributed by atoms with Gasteiger partial charge in [0.2, 0.25) is 5.82 Å². The lowest BCUT2D eigenvalue weighted by atomic mass is 9.82. The Morgan fingerprint density at radius 1 is 1.58 bits per heavy atom. The van der Waals surface area contributed by atoms with Crippen molar-refractivity contribution in [2.45, 2.75) is 32.6 Å². The summed E-state index contributed by atoms with van der Waals surface area (Å²) in [5.74, 6) is 1.63. The number of nitrogens with one attached hydrogen (secondary N) is 1. The van der Waals surface area contributed by atoms with E-state index in [9.17, 15) is 10.1 Å². The van der Waals surface area contributed by atoms with Gasteiger partial charge in [0, 0.05) is 18.8 Å². The lowest BCUT2D eigenvalue weighted by Gasteiger charge is -2.26. The normalized spacial score (nSPS) is 23.1. The zero-order chi connectivity index (χ0) is 13.8. The van der Waals surface area contributed by atoms with Gasteiger partial charge in [0.05, 0.1) is 9.95 Å². The van der Waals surface area contributed by atoms with E-state index in [0.717, 1.165) is 12.5 Å². The molecular weight excluding hydrogens is 266 g/mol. The molecule has 2 unspecified atom stereocenters. The van der Waals surface area contributed by atoms with E-state index in [-0.39, 0.29) is 10.7 Å². The van der Waals surface area contributed by atoms with Gasteiger partial charge >= 0.3 is 5.69 Å². The molecule has 1 aliphatic rings. The predicted molar refractivity (Wildman–Crippen MR) is 75.5 cm³/mol. The third-order valence-electron chi connectivity index (χ3n) is 3.63. The highest BCUT2D eigenvalue weighted by Gasteiger charge is 2.21. The van der Waals surface area contributed by atoms with Crippen molar-refractivity contribution in [3.8, 4) is 0 Å². The number of rotatable bonds is 4. The SMILES string of the molecule is CC1CCCC(CNc2ncc(Cl)cc2[N+](=O)[O-])C1. The van der Waals surface area contributed by atoms with Crippen LogP contribution in [0.5, 0.6) is 0 Å². The molecular formula is C13H18ClN3O2. The molecule has 0 bridgehead atoms. The number of hydrogen-bond acceptors (Lipinski definition) is 4. The van der Waals surface area contributed by atoms with Crippen LogP contribution in [0.2, 0.25) is 5.02 Å². The molecule has 19 heavy (non-hydrogen) atoms. The summed E-state index contributed by atoms with van der Waals surface area (Å²) in [6.07, 6.45) is 6.31. The monoisotopic (exact) mass is 283 g/mol. The second kappa shape index (κ2) is 6.19. The summed E-state index contributed by atoms with van der Waals surface area (Å²) < 4.78 is 0. The van der Waals surface area contributed by atoms with Crippen molar-refractivity contribution in [2.75, 3.05) is 11.9 Å². The lowest BCUT2D eigenvalue weighted by molar-refractivity contribution is -0.384. The first kappa shape index (κ1) is 14.1. The van der Waals surface area contributed by atoms with Crippen LogP contribution in [0.1, 0.15) is 32.6 Å². The average molecular weight is 284 g/mol. The average Bonchev–Trinajstić information content (AvgIpc) is 2.37. The molecule has 6 heteroatoms. The Kier molecular flexibility index (Phi) is 4.58. The van der Waals surface area contributed by atoms with Gasteiger partial charge in [0.25, 0.3) is 0 Å². The highest BCUT2D eigenvalue weighted by atomic mass is 35.5. The Hall–Kier alpha value is -1.36. The molecule has 5 nitrogen and oxygen atoms in total. The van der Waals surface area contributed by atoms with Crippen LogP contribution >= 0.6 is 11.6 Å². The van der Waals surface area contributed by atoms with Crippen molar-refractivity contribution in [2.24, 2.45) is 11.8 Å². The smallest absolute Gasteiger partial charge is 0.312 e. The number of pyridine rings is 1. The standard InChI is InChI=1S/C13H18ClN3O2/c1-9-3-2-4-10(5-9)7-15-13-12(17(18)19)6-11(14)8-16-13/h6,8-10H,2-5,7H2,1H3,(H,15,16). The van der Waals surface area contributed by atoms with Crippen molar-refractivity contribution in [3.63, 3.8) is 0 Å². The number of hydrogen-bond donors (Lipinski definition) is 1. The van der Waals surface area contributed by atoms with Crippen molar-refractivity contribution in [1.82, 2.24) is 4.98 Å². The van der Waals surface area contributed by atoms with Gasteiger partial charge in [-0.1, -0.05) is 31.4 Å². The molecule has 1 aliphatic carbocycles. The summed E-state index contributed by atoms with van der Waals surface area (Å²) >= 11 is 5.73.